The number of aryl methyl sites for hydroxylation is 1. The summed E-state index contributed by atoms with van der Waals surface area (Å²) < 4.78 is 1.86. The van der Waals surface area contributed by atoms with Gasteiger partial charge in [0.2, 0.25) is 5.91 Å². The highest BCUT2D eigenvalue weighted by Gasteiger charge is 2.28. The van der Waals surface area contributed by atoms with Crippen LogP contribution in [0.4, 0.5) is 11.5 Å². The van der Waals surface area contributed by atoms with Gasteiger partial charge in [0.25, 0.3) is 0 Å². The normalized spacial score (nSPS) is 18.0. The molecule has 1 atom stereocenters. The Kier molecular flexibility index (Phi) is 4.59. The number of phenolic OH excluding ortho intramolecular Hbond substituents is 1. The highest BCUT2D eigenvalue weighted by molar-refractivity contribution is 5.73. The van der Waals surface area contributed by atoms with E-state index in [1.807, 2.05) is 29.9 Å². The summed E-state index contributed by atoms with van der Waals surface area (Å²) in [5.41, 5.74) is 6.31. The summed E-state index contributed by atoms with van der Waals surface area (Å²) in [4.78, 5) is 15.8. The van der Waals surface area contributed by atoms with Crippen LogP contribution in [-0.2, 0) is 11.8 Å². The molecule has 1 aromatic heterocycles. The van der Waals surface area contributed by atoms with Crippen LogP contribution in [0.2, 0.25) is 0 Å². The van der Waals surface area contributed by atoms with E-state index in [9.17, 15) is 9.90 Å². The first-order valence-corrected chi connectivity index (χ1v) is 8.11. The minimum absolute atomic E-state index is 0.142. The topological polar surface area (TPSA) is 87.6 Å². The molecule has 2 aromatic rings. The molecule has 1 amide bonds. The molecule has 2 heterocycles. The summed E-state index contributed by atoms with van der Waals surface area (Å²) in [6, 6.07) is 9.38. The SMILES string of the molecule is Cn1nccc1N1CCN(c2cccc(O)c2)C(CCC(N)=O)C1. The largest absolute Gasteiger partial charge is 0.508 e. The molecule has 1 aromatic carbocycles. The number of hydrogen-bond acceptors (Lipinski definition) is 5. The van der Waals surface area contributed by atoms with Crippen molar-refractivity contribution in [1.29, 1.82) is 0 Å². The van der Waals surface area contributed by atoms with Crippen LogP contribution in [0, 0.1) is 0 Å². The fourth-order valence-corrected chi connectivity index (χ4v) is 3.31. The number of piperazine rings is 1. The van der Waals surface area contributed by atoms with Crippen molar-refractivity contribution >= 4 is 17.4 Å². The Morgan fingerprint density at radius 2 is 2.21 bits per heavy atom. The van der Waals surface area contributed by atoms with Crippen molar-refractivity contribution in [3.05, 3.63) is 36.5 Å². The Hall–Kier alpha value is -2.70. The van der Waals surface area contributed by atoms with Crippen molar-refractivity contribution in [3.8, 4) is 5.75 Å². The van der Waals surface area contributed by atoms with Gasteiger partial charge < -0.3 is 20.6 Å². The number of amides is 1. The van der Waals surface area contributed by atoms with Gasteiger partial charge in [-0.2, -0.15) is 5.10 Å². The summed E-state index contributed by atoms with van der Waals surface area (Å²) in [5, 5.41) is 14.0. The summed E-state index contributed by atoms with van der Waals surface area (Å²) in [7, 11) is 1.93. The maximum absolute atomic E-state index is 11.2. The van der Waals surface area contributed by atoms with Gasteiger partial charge in [-0.25, -0.2) is 0 Å². The van der Waals surface area contributed by atoms with E-state index in [4.69, 9.17) is 5.73 Å². The first kappa shape index (κ1) is 16.2. The van der Waals surface area contributed by atoms with Crippen molar-refractivity contribution < 1.29 is 9.90 Å². The number of phenols is 1. The van der Waals surface area contributed by atoms with Gasteiger partial charge >= 0.3 is 0 Å². The van der Waals surface area contributed by atoms with E-state index in [0.29, 0.717) is 12.8 Å². The van der Waals surface area contributed by atoms with Crippen LogP contribution in [0.3, 0.4) is 0 Å². The quantitative estimate of drug-likeness (QED) is 0.857. The number of aromatic nitrogens is 2. The molecular weight excluding hydrogens is 306 g/mol. The Bertz CT molecular complexity index is 715. The molecule has 24 heavy (non-hydrogen) atoms. The van der Waals surface area contributed by atoms with Crippen molar-refractivity contribution in [3.63, 3.8) is 0 Å². The van der Waals surface area contributed by atoms with Crippen LogP contribution < -0.4 is 15.5 Å². The smallest absolute Gasteiger partial charge is 0.217 e. The molecule has 1 saturated heterocycles. The molecule has 0 spiro atoms. The second-order valence-corrected chi connectivity index (χ2v) is 6.13. The van der Waals surface area contributed by atoms with E-state index in [1.54, 1.807) is 18.3 Å². The maximum atomic E-state index is 11.2. The van der Waals surface area contributed by atoms with Crippen LogP contribution in [0.15, 0.2) is 36.5 Å². The summed E-state index contributed by atoms with van der Waals surface area (Å²) in [6.45, 7) is 2.43. The number of nitrogens with two attached hydrogens (primary N) is 1. The number of anilines is 2. The molecule has 7 nitrogen and oxygen atoms in total. The number of benzene rings is 1. The molecule has 7 heteroatoms. The molecule has 128 valence electrons. The lowest BCUT2D eigenvalue weighted by Crippen LogP contribution is -2.54. The van der Waals surface area contributed by atoms with Crippen LogP contribution >= 0.6 is 0 Å². The van der Waals surface area contributed by atoms with E-state index in [2.05, 4.69) is 14.9 Å². The fraction of sp³-hybridized carbons (Fsp3) is 0.412. The minimum atomic E-state index is -0.288. The van der Waals surface area contributed by atoms with Crippen molar-refractivity contribution in [2.75, 3.05) is 29.4 Å². The number of primary amides is 1. The highest BCUT2D eigenvalue weighted by Crippen LogP contribution is 2.28. The second-order valence-electron chi connectivity index (χ2n) is 6.13. The molecule has 1 aliphatic rings. The van der Waals surface area contributed by atoms with E-state index in [1.165, 1.54) is 0 Å². The molecule has 1 aliphatic heterocycles. The third kappa shape index (κ3) is 3.45. The van der Waals surface area contributed by atoms with Crippen LogP contribution in [0.5, 0.6) is 5.75 Å². The molecule has 3 N–H and O–H groups in total. The van der Waals surface area contributed by atoms with Gasteiger partial charge in [-0.15, -0.1) is 0 Å². The Labute approximate surface area is 141 Å². The van der Waals surface area contributed by atoms with Gasteiger partial charge in [-0.1, -0.05) is 6.07 Å². The average molecular weight is 329 g/mol. The molecule has 0 saturated carbocycles. The Balaban J connectivity index is 1.81. The summed E-state index contributed by atoms with van der Waals surface area (Å²) in [5.74, 6) is 1.02. The molecule has 1 unspecified atom stereocenters. The zero-order chi connectivity index (χ0) is 17.1. The molecule has 0 radical (unpaired) electrons. The molecule has 1 fully saturated rings. The van der Waals surface area contributed by atoms with Gasteiger partial charge in [0, 0.05) is 57.0 Å². The zero-order valence-electron chi connectivity index (χ0n) is 13.8. The van der Waals surface area contributed by atoms with Crippen molar-refractivity contribution in [2.45, 2.75) is 18.9 Å². The average Bonchev–Trinajstić information content (AvgIpc) is 2.98. The van der Waals surface area contributed by atoms with E-state index >= 15 is 0 Å². The van der Waals surface area contributed by atoms with Crippen LogP contribution in [0.25, 0.3) is 0 Å². The molecular formula is C17H23N5O2. The van der Waals surface area contributed by atoms with Crippen LogP contribution in [0.1, 0.15) is 12.8 Å². The summed E-state index contributed by atoms with van der Waals surface area (Å²) in [6.07, 6.45) is 2.81. The van der Waals surface area contributed by atoms with Gasteiger partial charge in [0.1, 0.15) is 11.6 Å². The van der Waals surface area contributed by atoms with E-state index in [0.717, 1.165) is 31.1 Å². The van der Waals surface area contributed by atoms with Crippen molar-refractivity contribution in [1.82, 2.24) is 9.78 Å². The number of carbonyl (C=O) groups is 1. The number of aromatic hydroxyl groups is 1. The second kappa shape index (κ2) is 6.82. The Morgan fingerprint density at radius 1 is 1.38 bits per heavy atom. The maximum Gasteiger partial charge on any atom is 0.217 e. The minimum Gasteiger partial charge on any atom is -0.508 e. The lowest BCUT2D eigenvalue weighted by Gasteiger charge is -2.43. The standard InChI is InChI=1S/C17H23N5O2/c1-20-17(7-8-19-20)21-9-10-22(13-3-2-4-15(23)11-13)14(12-21)5-6-16(18)24/h2-4,7-8,11,14,23H,5-6,9-10,12H2,1H3,(H2,18,24). The zero-order valence-corrected chi connectivity index (χ0v) is 13.8. The van der Waals surface area contributed by atoms with Gasteiger partial charge in [0.05, 0.1) is 6.20 Å². The third-order valence-corrected chi connectivity index (χ3v) is 4.49. The monoisotopic (exact) mass is 329 g/mol. The molecule has 3 rings (SSSR count). The lowest BCUT2D eigenvalue weighted by atomic mass is 10.0. The highest BCUT2D eigenvalue weighted by atomic mass is 16.3. The number of hydrogen-bond donors (Lipinski definition) is 2. The van der Waals surface area contributed by atoms with Gasteiger partial charge in [-0.05, 0) is 18.6 Å². The fourth-order valence-electron chi connectivity index (χ4n) is 3.31. The third-order valence-electron chi connectivity index (χ3n) is 4.49. The van der Waals surface area contributed by atoms with Gasteiger partial charge in [-0.3, -0.25) is 9.48 Å². The predicted octanol–water partition coefficient (Wildman–Crippen LogP) is 1.09. The number of carbonyl (C=O) groups excluding carboxylic acids is 1. The van der Waals surface area contributed by atoms with Crippen LogP contribution in [-0.4, -0.2) is 46.5 Å². The van der Waals surface area contributed by atoms with Crippen molar-refractivity contribution in [2.24, 2.45) is 12.8 Å². The first-order valence-electron chi connectivity index (χ1n) is 8.11. The number of nitrogens with zero attached hydrogens (tertiary/aromatic N) is 4. The number of rotatable bonds is 5. The van der Waals surface area contributed by atoms with E-state index < -0.39 is 0 Å². The Morgan fingerprint density at radius 3 is 2.88 bits per heavy atom. The lowest BCUT2D eigenvalue weighted by molar-refractivity contribution is -0.118. The molecule has 0 bridgehead atoms. The summed E-state index contributed by atoms with van der Waals surface area (Å²) >= 11 is 0. The molecule has 0 aliphatic carbocycles. The van der Waals surface area contributed by atoms with E-state index in [-0.39, 0.29) is 17.7 Å². The van der Waals surface area contributed by atoms with Gasteiger partial charge in [0.15, 0.2) is 0 Å². The first-order chi connectivity index (χ1) is 11.5. The predicted molar refractivity (Wildman–Crippen MR) is 93.1 cm³/mol.